The number of hydrogen-bond donors (Lipinski definition) is 0. The predicted molar refractivity (Wildman–Crippen MR) is 62.0 cm³/mol. The third-order valence-electron chi connectivity index (χ3n) is 2.25. The number of benzene rings is 1. The van der Waals surface area contributed by atoms with E-state index in [1.54, 1.807) is 12.3 Å². The van der Waals surface area contributed by atoms with Gasteiger partial charge in [-0.3, -0.25) is 4.79 Å². The molecule has 0 radical (unpaired) electrons. The van der Waals surface area contributed by atoms with Crippen LogP contribution in [0.25, 0.3) is 11.3 Å². The first-order chi connectivity index (χ1) is 7.22. The molecule has 0 atom stereocenters. The minimum atomic E-state index is 0.680. The third-order valence-corrected chi connectivity index (χ3v) is 2.87. The van der Waals surface area contributed by atoms with E-state index in [0.29, 0.717) is 5.56 Å². The first-order valence-corrected chi connectivity index (χ1v) is 5.31. The Bertz CT molecular complexity index is 500. The molecule has 0 unspecified atom stereocenters. The normalized spacial score (nSPS) is 10.3. The highest BCUT2D eigenvalue weighted by Crippen LogP contribution is 2.31. The van der Waals surface area contributed by atoms with Gasteiger partial charge >= 0.3 is 0 Å². The molecule has 2 aromatic rings. The number of hydrogen-bond acceptors (Lipinski definition) is 2. The number of rotatable bonds is 2. The molecule has 0 saturated heterocycles. The minimum absolute atomic E-state index is 0.680. The van der Waals surface area contributed by atoms with Crippen LogP contribution < -0.4 is 0 Å². The summed E-state index contributed by atoms with van der Waals surface area (Å²) in [6.07, 6.45) is 2.47. The van der Waals surface area contributed by atoms with Gasteiger partial charge in [0.25, 0.3) is 0 Å². The van der Waals surface area contributed by atoms with Crippen molar-refractivity contribution in [3.63, 3.8) is 0 Å². The van der Waals surface area contributed by atoms with Crippen molar-refractivity contribution in [2.24, 2.45) is 0 Å². The van der Waals surface area contributed by atoms with Crippen molar-refractivity contribution in [3.8, 4) is 11.3 Å². The Kier molecular flexibility index (Phi) is 2.73. The Morgan fingerprint density at radius 3 is 2.67 bits per heavy atom. The Labute approximate surface area is 96.0 Å². The number of furan rings is 1. The van der Waals surface area contributed by atoms with Crippen LogP contribution in [0.2, 0.25) is 0 Å². The van der Waals surface area contributed by atoms with Crippen LogP contribution in [0, 0.1) is 6.92 Å². The minimum Gasteiger partial charge on any atom is -0.463 e. The van der Waals surface area contributed by atoms with E-state index in [1.165, 1.54) is 0 Å². The van der Waals surface area contributed by atoms with Crippen molar-refractivity contribution in [1.29, 1.82) is 0 Å². The summed E-state index contributed by atoms with van der Waals surface area (Å²) >= 11 is 3.41. The van der Waals surface area contributed by atoms with Crippen molar-refractivity contribution in [1.82, 2.24) is 0 Å². The Balaban J connectivity index is 2.55. The van der Waals surface area contributed by atoms with Crippen LogP contribution in [0.4, 0.5) is 0 Å². The molecule has 0 spiro atoms. The molecule has 0 aliphatic rings. The van der Waals surface area contributed by atoms with Gasteiger partial charge in [0.05, 0.1) is 10.7 Å². The lowest BCUT2D eigenvalue weighted by atomic mass is 10.0. The molecule has 0 N–H and O–H groups in total. The van der Waals surface area contributed by atoms with Crippen molar-refractivity contribution in [2.45, 2.75) is 6.92 Å². The fourth-order valence-electron chi connectivity index (χ4n) is 1.50. The average Bonchev–Trinajstić information content (AvgIpc) is 2.64. The molecule has 0 aliphatic heterocycles. The lowest BCUT2D eigenvalue weighted by Crippen LogP contribution is -1.86. The first kappa shape index (κ1) is 10.2. The Morgan fingerprint density at radius 1 is 1.33 bits per heavy atom. The van der Waals surface area contributed by atoms with E-state index in [1.807, 2.05) is 25.1 Å². The molecule has 1 aromatic heterocycles. The zero-order chi connectivity index (χ0) is 10.8. The van der Waals surface area contributed by atoms with Crippen LogP contribution >= 0.6 is 15.9 Å². The fraction of sp³-hybridized carbons (Fsp3) is 0.0833. The molecular formula is C12H9BrO2. The molecule has 2 rings (SSSR count). The van der Waals surface area contributed by atoms with E-state index in [0.717, 1.165) is 27.6 Å². The smallest absolute Gasteiger partial charge is 0.150 e. The molecule has 0 saturated carbocycles. The second kappa shape index (κ2) is 4.03. The lowest BCUT2D eigenvalue weighted by Gasteiger charge is -2.03. The summed E-state index contributed by atoms with van der Waals surface area (Å²) in [5, 5.41) is 0. The molecule has 0 amide bonds. The summed E-state index contributed by atoms with van der Waals surface area (Å²) < 4.78 is 6.29. The Morgan fingerprint density at radius 2 is 2.13 bits per heavy atom. The molecule has 2 nitrogen and oxygen atoms in total. The summed E-state index contributed by atoms with van der Waals surface area (Å²) in [5.74, 6) is 0.796. The van der Waals surface area contributed by atoms with Crippen LogP contribution in [0.3, 0.4) is 0 Å². The van der Waals surface area contributed by atoms with Gasteiger partial charge in [-0.1, -0.05) is 12.1 Å². The third kappa shape index (κ3) is 1.88. The van der Waals surface area contributed by atoms with E-state index in [2.05, 4.69) is 15.9 Å². The van der Waals surface area contributed by atoms with Crippen LogP contribution in [0.15, 0.2) is 39.4 Å². The molecule has 3 heteroatoms. The zero-order valence-electron chi connectivity index (χ0n) is 8.16. The van der Waals surface area contributed by atoms with Gasteiger partial charge in [-0.15, -0.1) is 0 Å². The van der Waals surface area contributed by atoms with Gasteiger partial charge in [0, 0.05) is 11.1 Å². The standard InChI is InChI=1S/C12H9BrO2/c1-8-6-9(7-14)2-3-10(8)12-11(13)4-5-15-12/h2-7H,1H3. The molecule has 0 fully saturated rings. The Hall–Kier alpha value is -1.35. The molecular weight excluding hydrogens is 256 g/mol. The molecule has 15 heavy (non-hydrogen) atoms. The van der Waals surface area contributed by atoms with E-state index in [9.17, 15) is 4.79 Å². The molecule has 0 bridgehead atoms. The number of aryl methyl sites for hydroxylation is 1. The maximum absolute atomic E-state index is 10.6. The fourth-order valence-corrected chi connectivity index (χ4v) is 1.92. The molecule has 1 heterocycles. The molecule has 0 aliphatic carbocycles. The highest BCUT2D eigenvalue weighted by Gasteiger charge is 2.09. The van der Waals surface area contributed by atoms with Gasteiger partial charge in [-0.2, -0.15) is 0 Å². The van der Waals surface area contributed by atoms with Crippen molar-refractivity contribution < 1.29 is 9.21 Å². The van der Waals surface area contributed by atoms with E-state index in [-0.39, 0.29) is 0 Å². The monoisotopic (exact) mass is 264 g/mol. The largest absolute Gasteiger partial charge is 0.463 e. The highest BCUT2D eigenvalue weighted by molar-refractivity contribution is 9.10. The summed E-state index contributed by atoms with van der Waals surface area (Å²) in [6, 6.07) is 7.37. The van der Waals surface area contributed by atoms with E-state index >= 15 is 0 Å². The molecule has 76 valence electrons. The number of halogens is 1. The summed E-state index contributed by atoms with van der Waals surface area (Å²) in [4.78, 5) is 10.6. The van der Waals surface area contributed by atoms with Gasteiger partial charge in [0.15, 0.2) is 0 Å². The van der Waals surface area contributed by atoms with Crippen LogP contribution in [-0.2, 0) is 0 Å². The average molecular weight is 265 g/mol. The van der Waals surface area contributed by atoms with Crippen LogP contribution in [0.1, 0.15) is 15.9 Å². The quantitative estimate of drug-likeness (QED) is 0.772. The van der Waals surface area contributed by atoms with Crippen molar-refractivity contribution >= 4 is 22.2 Å². The van der Waals surface area contributed by atoms with Gasteiger partial charge in [-0.05, 0) is 40.5 Å². The summed E-state index contributed by atoms with van der Waals surface area (Å²) in [7, 11) is 0. The lowest BCUT2D eigenvalue weighted by molar-refractivity contribution is 0.112. The van der Waals surface area contributed by atoms with Crippen LogP contribution in [-0.4, -0.2) is 6.29 Å². The van der Waals surface area contributed by atoms with Crippen LogP contribution in [0.5, 0.6) is 0 Å². The topological polar surface area (TPSA) is 30.2 Å². The number of carbonyl (C=O) groups excluding carboxylic acids is 1. The second-order valence-corrected chi connectivity index (χ2v) is 4.14. The van der Waals surface area contributed by atoms with Gasteiger partial charge in [0.2, 0.25) is 0 Å². The van der Waals surface area contributed by atoms with Crippen molar-refractivity contribution in [3.05, 3.63) is 46.1 Å². The highest BCUT2D eigenvalue weighted by atomic mass is 79.9. The predicted octanol–water partition coefficient (Wildman–Crippen LogP) is 3.83. The second-order valence-electron chi connectivity index (χ2n) is 3.29. The number of carbonyl (C=O) groups is 1. The van der Waals surface area contributed by atoms with Gasteiger partial charge < -0.3 is 4.42 Å². The number of aldehydes is 1. The van der Waals surface area contributed by atoms with E-state index < -0.39 is 0 Å². The maximum Gasteiger partial charge on any atom is 0.150 e. The van der Waals surface area contributed by atoms with Gasteiger partial charge in [-0.25, -0.2) is 0 Å². The SMILES string of the molecule is Cc1cc(C=O)ccc1-c1occc1Br. The van der Waals surface area contributed by atoms with Gasteiger partial charge in [0.1, 0.15) is 12.0 Å². The zero-order valence-corrected chi connectivity index (χ0v) is 9.74. The van der Waals surface area contributed by atoms with Crippen molar-refractivity contribution in [2.75, 3.05) is 0 Å². The molecule has 1 aromatic carbocycles. The van der Waals surface area contributed by atoms with E-state index in [4.69, 9.17) is 4.42 Å². The summed E-state index contributed by atoms with van der Waals surface area (Å²) in [6.45, 7) is 1.96. The summed E-state index contributed by atoms with van der Waals surface area (Å²) in [5.41, 5.74) is 2.70. The first-order valence-electron chi connectivity index (χ1n) is 4.51. The maximum atomic E-state index is 10.6.